The predicted octanol–water partition coefficient (Wildman–Crippen LogP) is 7.04. The molecule has 1 aromatic rings. The van der Waals surface area contributed by atoms with Crippen LogP contribution in [-0.2, 0) is 0 Å². The smallest absolute Gasteiger partial charge is 0.00721 e. The Bertz CT molecular complexity index is 381. The third-order valence-electron chi connectivity index (χ3n) is 4.81. The molecule has 1 saturated carbocycles. The minimum absolute atomic E-state index is 0.831. The summed E-state index contributed by atoms with van der Waals surface area (Å²) < 4.78 is 0. The highest BCUT2D eigenvalue weighted by atomic mass is 32.2. The predicted molar refractivity (Wildman–Crippen MR) is 96.3 cm³/mol. The summed E-state index contributed by atoms with van der Waals surface area (Å²) in [6.07, 6.45) is 12.6. The molecule has 1 aliphatic rings. The molecule has 0 amide bonds. The quantitative estimate of drug-likeness (QED) is 0.348. The lowest BCUT2D eigenvalue weighted by atomic mass is 9.97. The van der Waals surface area contributed by atoms with Gasteiger partial charge in [0.1, 0.15) is 0 Å². The van der Waals surface area contributed by atoms with E-state index in [9.17, 15) is 0 Å². The Hall–Kier alpha value is -0.430. The number of hydrogen-bond donors (Lipinski definition) is 0. The number of thioether (sulfide) groups is 1. The van der Waals surface area contributed by atoms with Crippen molar-refractivity contribution in [2.45, 2.75) is 82.4 Å². The van der Waals surface area contributed by atoms with E-state index in [1.54, 1.807) is 5.56 Å². The second-order valence-electron chi connectivity index (χ2n) is 6.80. The van der Waals surface area contributed by atoms with E-state index in [0.717, 1.165) is 11.8 Å². The molecule has 0 aromatic heterocycles. The number of benzene rings is 1. The SMILES string of the molecule is CCCCCCCCSc1ccc(C2CCC(C)C2)cc1. The highest BCUT2D eigenvalue weighted by Gasteiger charge is 2.22. The molecule has 0 aliphatic heterocycles. The van der Waals surface area contributed by atoms with Gasteiger partial charge in [-0.25, -0.2) is 0 Å². The number of unbranched alkanes of at least 4 members (excludes halogenated alkanes) is 5. The van der Waals surface area contributed by atoms with Gasteiger partial charge >= 0.3 is 0 Å². The van der Waals surface area contributed by atoms with E-state index in [4.69, 9.17) is 0 Å². The van der Waals surface area contributed by atoms with Gasteiger partial charge < -0.3 is 0 Å². The molecule has 2 rings (SSSR count). The molecule has 0 nitrogen and oxygen atoms in total. The summed E-state index contributed by atoms with van der Waals surface area (Å²) >= 11 is 2.04. The fourth-order valence-electron chi connectivity index (χ4n) is 3.42. The van der Waals surface area contributed by atoms with Crippen LogP contribution in [0.2, 0.25) is 0 Å². The lowest BCUT2D eigenvalue weighted by molar-refractivity contribution is 0.596. The van der Waals surface area contributed by atoms with Gasteiger partial charge in [-0.05, 0) is 54.5 Å². The third-order valence-corrected chi connectivity index (χ3v) is 5.91. The molecule has 2 unspecified atom stereocenters. The Morgan fingerprint density at radius 1 is 0.952 bits per heavy atom. The van der Waals surface area contributed by atoms with Crippen molar-refractivity contribution in [2.24, 2.45) is 5.92 Å². The fourth-order valence-corrected chi connectivity index (χ4v) is 4.33. The lowest BCUT2D eigenvalue weighted by Crippen LogP contribution is -1.93. The van der Waals surface area contributed by atoms with Gasteiger partial charge in [-0.1, -0.05) is 64.5 Å². The molecule has 21 heavy (non-hydrogen) atoms. The summed E-state index contributed by atoms with van der Waals surface area (Å²) in [5, 5.41) is 0. The van der Waals surface area contributed by atoms with Gasteiger partial charge in [-0.15, -0.1) is 11.8 Å². The van der Waals surface area contributed by atoms with E-state index in [-0.39, 0.29) is 0 Å². The first-order chi connectivity index (χ1) is 10.3. The van der Waals surface area contributed by atoms with Crippen LogP contribution in [0, 0.1) is 5.92 Å². The van der Waals surface area contributed by atoms with Crippen molar-refractivity contribution in [2.75, 3.05) is 5.75 Å². The topological polar surface area (TPSA) is 0 Å². The van der Waals surface area contributed by atoms with Crippen molar-refractivity contribution in [1.29, 1.82) is 0 Å². The molecule has 0 heterocycles. The Morgan fingerprint density at radius 2 is 1.67 bits per heavy atom. The highest BCUT2D eigenvalue weighted by Crippen LogP contribution is 2.38. The van der Waals surface area contributed by atoms with Crippen molar-refractivity contribution >= 4 is 11.8 Å². The third kappa shape index (κ3) is 6.06. The standard InChI is InChI=1S/C20H32S/c1-3-4-5-6-7-8-15-21-20-13-11-18(12-14-20)19-10-9-17(2)16-19/h11-14,17,19H,3-10,15-16H2,1-2H3. The maximum atomic E-state index is 2.39. The first-order valence-corrected chi connectivity index (χ1v) is 10.0. The largest absolute Gasteiger partial charge is 0.126 e. The van der Waals surface area contributed by atoms with E-state index in [1.807, 2.05) is 11.8 Å². The Labute approximate surface area is 136 Å². The van der Waals surface area contributed by atoms with Crippen LogP contribution in [0.3, 0.4) is 0 Å². The Morgan fingerprint density at radius 3 is 2.33 bits per heavy atom. The van der Waals surface area contributed by atoms with Gasteiger partial charge in [0.05, 0.1) is 0 Å². The summed E-state index contributed by atoms with van der Waals surface area (Å²) in [5.74, 6) is 3.04. The highest BCUT2D eigenvalue weighted by molar-refractivity contribution is 7.99. The van der Waals surface area contributed by atoms with Crippen molar-refractivity contribution in [3.8, 4) is 0 Å². The van der Waals surface area contributed by atoms with Gasteiger partial charge in [0.25, 0.3) is 0 Å². The molecule has 0 bridgehead atoms. The van der Waals surface area contributed by atoms with Crippen LogP contribution in [0.15, 0.2) is 29.2 Å². The minimum Gasteiger partial charge on any atom is -0.126 e. The zero-order valence-corrected chi connectivity index (χ0v) is 14.8. The molecule has 0 spiro atoms. The van der Waals surface area contributed by atoms with Gasteiger partial charge in [-0.3, -0.25) is 0 Å². The maximum absolute atomic E-state index is 2.39. The summed E-state index contributed by atoms with van der Waals surface area (Å²) in [5.41, 5.74) is 1.57. The normalized spacial score (nSPS) is 21.8. The van der Waals surface area contributed by atoms with E-state index < -0.39 is 0 Å². The molecule has 0 N–H and O–H groups in total. The zero-order valence-electron chi connectivity index (χ0n) is 13.9. The average molecular weight is 305 g/mol. The van der Waals surface area contributed by atoms with Crippen LogP contribution in [-0.4, -0.2) is 5.75 Å². The molecular weight excluding hydrogens is 272 g/mol. The molecule has 118 valence electrons. The van der Waals surface area contributed by atoms with E-state index >= 15 is 0 Å². The Kier molecular flexibility index (Phi) is 7.71. The summed E-state index contributed by atoms with van der Waals surface area (Å²) in [7, 11) is 0. The molecule has 1 aromatic carbocycles. The van der Waals surface area contributed by atoms with Gasteiger partial charge in [0.15, 0.2) is 0 Å². The van der Waals surface area contributed by atoms with Crippen LogP contribution in [0.1, 0.15) is 83.1 Å². The van der Waals surface area contributed by atoms with Gasteiger partial charge in [0.2, 0.25) is 0 Å². The first kappa shape index (κ1) is 16.9. The Balaban J connectivity index is 1.63. The summed E-state index contributed by atoms with van der Waals surface area (Å²) in [6, 6.07) is 9.46. The monoisotopic (exact) mass is 304 g/mol. The van der Waals surface area contributed by atoms with Crippen LogP contribution in [0.4, 0.5) is 0 Å². The summed E-state index contributed by atoms with van der Waals surface area (Å²) in [6.45, 7) is 4.68. The second-order valence-corrected chi connectivity index (χ2v) is 7.97. The molecule has 0 radical (unpaired) electrons. The zero-order chi connectivity index (χ0) is 14.9. The number of rotatable bonds is 9. The molecule has 2 atom stereocenters. The molecular formula is C20H32S. The molecule has 1 aliphatic carbocycles. The first-order valence-electron chi connectivity index (χ1n) is 9.02. The van der Waals surface area contributed by atoms with Gasteiger partial charge in [-0.2, -0.15) is 0 Å². The second kappa shape index (κ2) is 9.56. The van der Waals surface area contributed by atoms with E-state index in [0.29, 0.717) is 0 Å². The van der Waals surface area contributed by atoms with Crippen LogP contribution < -0.4 is 0 Å². The summed E-state index contributed by atoms with van der Waals surface area (Å²) in [4.78, 5) is 1.46. The maximum Gasteiger partial charge on any atom is 0.00721 e. The minimum atomic E-state index is 0.831. The number of hydrogen-bond acceptors (Lipinski definition) is 1. The van der Waals surface area contributed by atoms with Crippen LogP contribution in [0.5, 0.6) is 0 Å². The fraction of sp³-hybridized carbons (Fsp3) is 0.700. The van der Waals surface area contributed by atoms with E-state index in [2.05, 4.69) is 38.1 Å². The molecule has 1 fully saturated rings. The molecule has 1 heteroatoms. The van der Waals surface area contributed by atoms with Crippen molar-refractivity contribution in [3.63, 3.8) is 0 Å². The van der Waals surface area contributed by atoms with Crippen molar-refractivity contribution in [3.05, 3.63) is 29.8 Å². The lowest BCUT2D eigenvalue weighted by Gasteiger charge is -2.10. The molecule has 0 saturated heterocycles. The van der Waals surface area contributed by atoms with Crippen LogP contribution >= 0.6 is 11.8 Å². The van der Waals surface area contributed by atoms with Crippen molar-refractivity contribution in [1.82, 2.24) is 0 Å². The van der Waals surface area contributed by atoms with E-state index in [1.165, 1.54) is 68.4 Å². The van der Waals surface area contributed by atoms with Crippen LogP contribution in [0.25, 0.3) is 0 Å². The van der Waals surface area contributed by atoms with Crippen molar-refractivity contribution < 1.29 is 0 Å². The average Bonchev–Trinajstić information content (AvgIpc) is 2.93. The van der Waals surface area contributed by atoms with Gasteiger partial charge in [0, 0.05) is 4.90 Å².